The van der Waals surface area contributed by atoms with Crippen LogP contribution in [0.25, 0.3) is 66.1 Å². The van der Waals surface area contributed by atoms with Crippen LogP contribution in [0.15, 0.2) is 133 Å². The largest absolute Gasteiger partial charge is 0.236 e. The quantitative estimate of drug-likeness (QED) is 0.228. The van der Waals surface area contributed by atoms with Crippen molar-refractivity contribution >= 4 is 21.6 Å². The zero-order chi connectivity index (χ0) is 26.0. The molecular formula is C34H22N4S. The number of aromatic nitrogens is 4. The smallest absolute Gasteiger partial charge is 0.164 e. The summed E-state index contributed by atoms with van der Waals surface area (Å²) in [6, 6.07) is 45.3. The molecule has 39 heavy (non-hydrogen) atoms. The van der Waals surface area contributed by atoms with Gasteiger partial charge in [0.15, 0.2) is 17.5 Å². The summed E-state index contributed by atoms with van der Waals surface area (Å²) in [4.78, 5) is 19.5. The Labute approximate surface area is 230 Å². The molecule has 5 heteroatoms. The van der Waals surface area contributed by atoms with Crippen molar-refractivity contribution in [3.05, 3.63) is 133 Å². The van der Waals surface area contributed by atoms with Crippen molar-refractivity contribution in [3.63, 3.8) is 0 Å². The Hall–Kier alpha value is -5.00. The summed E-state index contributed by atoms with van der Waals surface area (Å²) in [7, 11) is 0. The Morgan fingerprint density at radius 2 is 0.795 bits per heavy atom. The molecule has 4 nitrogen and oxygen atoms in total. The first-order valence-corrected chi connectivity index (χ1v) is 13.6. The fraction of sp³-hybridized carbons (Fsp3) is 0. The van der Waals surface area contributed by atoms with E-state index in [2.05, 4.69) is 60.7 Å². The maximum Gasteiger partial charge on any atom is 0.164 e. The van der Waals surface area contributed by atoms with Gasteiger partial charge in [-0.15, -0.1) is 11.3 Å². The standard InChI is InChI=1S/C34H22N4S/c1-4-10-23(11-5-1)24-16-18-27(19-17-24)34-35-29-21-20-28(22-30(29)39-34)33-37-31(25-12-6-2-7-13-25)36-32(38-33)26-14-8-3-9-15-26/h1-22H. The molecule has 0 N–H and O–H groups in total. The van der Waals surface area contributed by atoms with Crippen LogP contribution in [0.3, 0.4) is 0 Å². The normalized spacial score (nSPS) is 11.1. The molecule has 2 aromatic heterocycles. The highest BCUT2D eigenvalue weighted by atomic mass is 32.1. The van der Waals surface area contributed by atoms with E-state index in [-0.39, 0.29) is 0 Å². The Morgan fingerprint density at radius 3 is 1.36 bits per heavy atom. The number of thiazole rings is 1. The van der Waals surface area contributed by atoms with Crippen molar-refractivity contribution in [1.82, 2.24) is 19.9 Å². The molecule has 0 aliphatic heterocycles. The average Bonchev–Trinajstić information content (AvgIpc) is 3.46. The molecule has 0 atom stereocenters. The molecule has 0 radical (unpaired) electrons. The molecule has 0 aliphatic rings. The molecule has 0 spiro atoms. The Bertz CT molecular complexity index is 1820. The third-order valence-corrected chi connectivity index (χ3v) is 7.65. The summed E-state index contributed by atoms with van der Waals surface area (Å²) in [5, 5.41) is 0.993. The van der Waals surface area contributed by atoms with E-state index >= 15 is 0 Å². The van der Waals surface area contributed by atoms with Crippen molar-refractivity contribution in [1.29, 1.82) is 0 Å². The maximum absolute atomic E-state index is 4.92. The molecule has 0 bridgehead atoms. The van der Waals surface area contributed by atoms with Crippen molar-refractivity contribution < 1.29 is 0 Å². The van der Waals surface area contributed by atoms with Crippen molar-refractivity contribution in [2.75, 3.05) is 0 Å². The second kappa shape index (κ2) is 10.0. The van der Waals surface area contributed by atoms with E-state index in [1.807, 2.05) is 72.8 Å². The van der Waals surface area contributed by atoms with Gasteiger partial charge >= 0.3 is 0 Å². The lowest BCUT2D eigenvalue weighted by molar-refractivity contribution is 1.07. The van der Waals surface area contributed by atoms with Gasteiger partial charge in [-0.05, 0) is 29.3 Å². The van der Waals surface area contributed by atoms with E-state index in [1.54, 1.807) is 11.3 Å². The number of fused-ring (bicyclic) bond motifs is 1. The number of hydrogen-bond donors (Lipinski definition) is 0. The minimum absolute atomic E-state index is 0.645. The van der Waals surface area contributed by atoms with E-state index in [1.165, 1.54) is 11.1 Å². The van der Waals surface area contributed by atoms with E-state index in [9.17, 15) is 0 Å². The van der Waals surface area contributed by atoms with Gasteiger partial charge in [-0.2, -0.15) is 0 Å². The highest BCUT2D eigenvalue weighted by molar-refractivity contribution is 7.21. The van der Waals surface area contributed by atoms with Gasteiger partial charge in [0.25, 0.3) is 0 Å². The number of rotatable bonds is 5. The molecule has 0 saturated heterocycles. The van der Waals surface area contributed by atoms with Crippen molar-refractivity contribution in [2.24, 2.45) is 0 Å². The predicted octanol–water partition coefficient (Wildman–Crippen LogP) is 8.82. The van der Waals surface area contributed by atoms with Crippen LogP contribution in [0, 0.1) is 0 Å². The van der Waals surface area contributed by atoms with E-state index in [0.717, 1.165) is 37.5 Å². The molecule has 0 aliphatic carbocycles. The molecule has 7 aromatic rings. The van der Waals surface area contributed by atoms with Crippen LogP contribution in [-0.2, 0) is 0 Å². The summed E-state index contributed by atoms with van der Waals surface area (Å²) < 4.78 is 1.09. The van der Waals surface area contributed by atoms with Crippen molar-refractivity contribution in [3.8, 4) is 55.9 Å². The third kappa shape index (κ3) is 4.72. The van der Waals surface area contributed by atoms with Gasteiger partial charge < -0.3 is 0 Å². The van der Waals surface area contributed by atoms with Gasteiger partial charge in [0.05, 0.1) is 10.2 Å². The summed E-state index contributed by atoms with van der Waals surface area (Å²) in [5.41, 5.74) is 7.33. The van der Waals surface area contributed by atoms with Gasteiger partial charge in [-0.3, -0.25) is 0 Å². The monoisotopic (exact) mass is 518 g/mol. The minimum Gasteiger partial charge on any atom is -0.236 e. The zero-order valence-electron chi connectivity index (χ0n) is 20.9. The highest BCUT2D eigenvalue weighted by Gasteiger charge is 2.14. The van der Waals surface area contributed by atoms with Crippen LogP contribution in [0.4, 0.5) is 0 Å². The molecule has 0 fully saturated rings. The molecular weight excluding hydrogens is 496 g/mol. The van der Waals surface area contributed by atoms with Gasteiger partial charge in [-0.25, -0.2) is 19.9 Å². The number of nitrogens with zero attached hydrogens (tertiary/aromatic N) is 4. The van der Waals surface area contributed by atoms with E-state index in [4.69, 9.17) is 19.9 Å². The van der Waals surface area contributed by atoms with Gasteiger partial charge in [0, 0.05) is 22.3 Å². The highest BCUT2D eigenvalue weighted by Crippen LogP contribution is 2.34. The van der Waals surface area contributed by atoms with Gasteiger partial charge in [0.2, 0.25) is 0 Å². The maximum atomic E-state index is 4.92. The molecule has 2 heterocycles. The van der Waals surface area contributed by atoms with Crippen LogP contribution in [0.1, 0.15) is 0 Å². The van der Waals surface area contributed by atoms with E-state index in [0.29, 0.717) is 17.5 Å². The van der Waals surface area contributed by atoms with Crippen LogP contribution in [0.5, 0.6) is 0 Å². The molecule has 5 aromatic carbocycles. The summed E-state index contributed by atoms with van der Waals surface area (Å²) in [6.45, 7) is 0. The second-order valence-electron chi connectivity index (χ2n) is 9.18. The molecule has 184 valence electrons. The fourth-order valence-electron chi connectivity index (χ4n) is 4.56. The van der Waals surface area contributed by atoms with Crippen molar-refractivity contribution in [2.45, 2.75) is 0 Å². The first kappa shape index (κ1) is 23.1. The molecule has 7 rings (SSSR count). The molecule has 0 amide bonds. The Kier molecular flexibility index (Phi) is 5.96. The molecule has 0 saturated carbocycles. The van der Waals surface area contributed by atoms with Gasteiger partial charge in [-0.1, -0.05) is 115 Å². The lowest BCUT2D eigenvalue weighted by Crippen LogP contribution is -1.99. The SMILES string of the molecule is c1ccc(-c2ccc(-c3nc4ccc(-c5nc(-c6ccccc6)nc(-c6ccccc6)n5)cc4s3)cc2)cc1. The Morgan fingerprint density at radius 1 is 0.359 bits per heavy atom. The fourth-order valence-corrected chi connectivity index (χ4v) is 5.57. The van der Waals surface area contributed by atoms with Gasteiger partial charge in [0.1, 0.15) is 5.01 Å². The average molecular weight is 519 g/mol. The molecule has 0 unspecified atom stereocenters. The van der Waals surface area contributed by atoms with E-state index < -0.39 is 0 Å². The van der Waals surface area contributed by atoms with Crippen LogP contribution < -0.4 is 0 Å². The lowest BCUT2D eigenvalue weighted by Gasteiger charge is -2.08. The first-order chi connectivity index (χ1) is 19.3. The summed E-state index contributed by atoms with van der Waals surface area (Å²) in [5.74, 6) is 1.96. The summed E-state index contributed by atoms with van der Waals surface area (Å²) >= 11 is 1.68. The minimum atomic E-state index is 0.645. The predicted molar refractivity (Wildman–Crippen MR) is 160 cm³/mol. The number of benzene rings is 5. The van der Waals surface area contributed by atoms with Crippen LogP contribution in [-0.4, -0.2) is 19.9 Å². The first-order valence-electron chi connectivity index (χ1n) is 12.7. The summed E-state index contributed by atoms with van der Waals surface area (Å²) in [6.07, 6.45) is 0. The second-order valence-corrected chi connectivity index (χ2v) is 10.2. The van der Waals surface area contributed by atoms with Crippen LogP contribution in [0.2, 0.25) is 0 Å². The van der Waals surface area contributed by atoms with Crippen LogP contribution >= 0.6 is 11.3 Å². The third-order valence-electron chi connectivity index (χ3n) is 6.58. The Balaban J connectivity index is 1.27. The number of hydrogen-bond acceptors (Lipinski definition) is 5. The topological polar surface area (TPSA) is 51.6 Å². The zero-order valence-corrected chi connectivity index (χ0v) is 21.7. The lowest BCUT2D eigenvalue weighted by atomic mass is 10.0.